The molecule has 4 aliphatic carbocycles. The number of ether oxygens (including phenoxy) is 3. The number of methoxy groups -OCH3 is 1. The fraction of sp³-hybridized carbons (Fsp3) is 0.963. The summed E-state index contributed by atoms with van der Waals surface area (Å²) in [5.74, 6) is 0.381. The number of aliphatic hydroxyl groups is 2. The Kier molecular flexibility index (Phi) is 6.59. The summed E-state index contributed by atoms with van der Waals surface area (Å²) >= 11 is 0. The number of aliphatic hydroxyl groups excluding tert-OH is 2. The Labute approximate surface area is 208 Å². The van der Waals surface area contributed by atoms with Crippen LogP contribution in [0, 0.1) is 34.5 Å². The molecule has 200 valence electrons. The second-order valence-electron chi connectivity index (χ2n) is 12.8. The standard InChI is InChI=1S/C27H45NO7/c1-14-20(29)22(33-4)21(30)24(34-14)35-16-7-10-25(2)15(13-16)5-6-18-17(25)8-11-26(3)19(23(31)32)9-12-27(18,26)28/h14-22,24,29-30H,5-13,28H2,1-4H3,(H,31,32)/t14-,15-,16+,17+,18-,19-,20-,21+,22+,24-,25+,26-,27+/m1/s1. The van der Waals surface area contributed by atoms with E-state index in [9.17, 15) is 20.1 Å². The fourth-order valence-corrected chi connectivity index (χ4v) is 9.39. The van der Waals surface area contributed by atoms with Gasteiger partial charge in [-0.15, -0.1) is 0 Å². The van der Waals surface area contributed by atoms with Crippen LogP contribution in [0.3, 0.4) is 0 Å². The molecule has 0 aromatic carbocycles. The summed E-state index contributed by atoms with van der Waals surface area (Å²) in [5, 5.41) is 30.9. The van der Waals surface area contributed by atoms with Gasteiger partial charge in [-0.2, -0.15) is 0 Å². The molecule has 0 aromatic rings. The largest absolute Gasteiger partial charge is 0.481 e. The van der Waals surface area contributed by atoms with Crippen LogP contribution >= 0.6 is 0 Å². The van der Waals surface area contributed by atoms with Crippen LogP contribution in [0.5, 0.6) is 0 Å². The van der Waals surface area contributed by atoms with E-state index in [2.05, 4.69) is 13.8 Å². The molecule has 13 atom stereocenters. The van der Waals surface area contributed by atoms with Crippen LogP contribution in [0.2, 0.25) is 0 Å². The third kappa shape index (κ3) is 3.73. The topological polar surface area (TPSA) is 131 Å². The zero-order valence-electron chi connectivity index (χ0n) is 21.7. The number of nitrogens with two attached hydrogens (primary N) is 1. The molecule has 0 bridgehead atoms. The molecule has 1 saturated heterocycles. The van der Waals surface area contributed by atoms with Gasteiger partial charge in [0.15, 0.2) is 6.29 Å². The van der Waals surface area contributed by atoms with E-state index < -0.39 is 42.2 Å². The van der Waals surface area contributed by atoms with Crippen molar-refractivity contribution in [2.24, 2.45) is 40.2 Å². The summed E-state index contributed by atoms with van der Waals surface area (Å²) in [4.78, 5) is 12.0. The van der Waals surface area contributed by atoms with Crippen molar-refractivity contribution < 1.29 is 34.3 Å². The van der Waals surface area contributed by atoms with Crippen molar-refractivity contribution in [2.75, 3.05) is 7.11 Å². The first kappa shape index (κ1) is 25.9. The summed E-state index contributed by atoms with van der Waals surface area (Å²) < 4.78 is 17.5. The zero-order valence-corrected chi connectivity index (χ0v) is 21.7. The van der Waals surface area contributed by atoms with Crippen molar-refractivity contribution in [3.8, 4) is 0 Å². The number of hydrogen-bond acceptors (Lipinski definition) is 7. The minimum Gasteiger partial charge on any atom is -0.481 e. The molecule has 1 aliphatic heterocycles. The van der Waals surface area contributed by atoms with Crippen molar-refractivity contribution in [2.45, 2.75) is 121 Å². The average Bonchev–Trinajstić information content (AvgIpc) is 3.09. The third-order valence-electron chi connectivity index (χ3n) is 11.6. The first-order valence-corrected chi connectivity index (χ1v) is 13.7. The number of rotatable bonds is 4. The highest BCUT2D eigenvalue weighted by Crippen LogP contribution is 2.68. The quantitative estimate of drug-likeness (QED) is 0.438. The molecule has 0 aromatic heterocycles. The summed E-state index contributed by atoms with van der Waals surface area (Å²) in [7, 11) is 1.49. The number of carbonyl (C=O) groups is 1. The van der Waals surface area contributed by atoms with Crippen LogP contribution in [-0.2, 0) is 19.0 Å². The van der Waals surface area contributed by atoms with E-state index in [4.69, 9.17) is 19.9 Å². The molecular weight excluding hydrogens is 450 g/mol. The Hall–Kier alpha value is -0.770. The molecule has 1 heterocycles. The SMILES string of the molecule is CO[C@@H]1[C@H](O)[C@@H](O[C@H]2CC[C@@]3(C)[C@H](CC[C@@H]4[C@@H]3CC[C@]3(C)[C@@H](C(=O)O)CC[C@]43N)C2)O[C@H](C)[C@H]1O. The lowest BCUT2D eigenvalue weighted by Crippen LogP contribution is -2.67. The molecule has 5 aliphatic rings. The van der Waals surface area contributed by atoms with Gasteiger partial charge in [0, 0.05) is 12.6 Å². The van der Waals surface area contributed by atoms with E-state index in [1.807, 2.05) is 0 Å². The molecule has 5 fully saturated rings. The Balaban J connectivity index is 1.29. The van der Waals surface area contributed by atoms with E-state index in [0.29, 0.717) is 24.2 Å². The smallest absolute Gasteiger partial charge is 0.307 e. The van der Waals surface area contributed by atoms with Gasteiger partial charge in [0.05, 0.1) is 18.1 Å². The third-order valence-corrected chi connectivity index (χ3v) is 11.6. The van der Waals surface area contributed by atoms with E-state index in [-0.39, 0.29) is 22.9 Å². The van der Waals surface area contributed by atoms with Crippen LogP contribution in [-0.4, -0.2) is 70.7 Å². The van der Waals surface area contributed by atoms with E-state index in [1.54, 1.807) is 6.92 Å². The van der Waals surface area contributed by atoms with Crippen LogP contribution in [0.15, 0.2) is 0 Å². The van der Waals surface area contributed by atoms with Gasteiger partial charge < -0.3 is 35.3 Å². The maximum Gasteiger partial charge on any atom is 0.307 e. The monoisotopic (exact) mass is 495 g/mol. The molecule has 4 saturated carbocycles. The zero-order chi connectivity index (χ0) is 25.3. The van der Waals surface area contributed by atoms with E-state index in [0.717, 1.165) is 51.4 Å². The van der Waals surface area contributed by atoms with Crippen LogP contribution < -0.4 is 5.73 Å². The molecule has 5 rings (SSSR count). The van der Waals surface area contributed by atoms with Crippen molar-refractivity contribution in [1.82, 2.24) is 0 Å². The highest BCUT2D eigenvalue weighted by Gasteiger charge is 2.67. The lowest BCUT2D eigenvalue weighted by Gasteiger charge is -2.64. The summed E-state index contributed by atoms with van der Waals surface area (Å²) in [6.07, 6.45) is 4.49. The highest BCUT2D eigenvalue weighted by molar-refractivity contribution is 5.72. The van der Waals surface area contributed by atoms with Crippen molar-refractivity contribution in [1.29, 1.82) is 0 Å². The number of hydrogen-bond donors (Lipinski definition) is 4. The summed E-state index contributed by atoms with van der Waals surface area (Å²) in [5.41, 5.74) is 6.66. The number of carboxylic acids is 1. The average molecular weight is 496 g/mol. The van der Waals surface area contributed by atoms with Gasteiger partial charge in [-0.1, -0.05) is 13.8 Å². The number of aliphatic carboxylic acids is 1. The van der Waals surface area contributed by atoms with Crippen molar-refractivity contribution in [3.05, 3.63) is 0 Å². The van der Waals surface area contributed by atoms with Gasteiger partial charge in [-0.25, -0.2) is 0 Å². The lowest BCUT2D eigenvalue weighted by atomic mass is 9.42. The molecule has 8 heteroatoms. The maximum absolute atomic E-state index is 12.0. The van der Waals surface area contributed by atoms with Gasteiger partial charge in [-0.05, 0) is 93.3 Å². The highest BCUT2D eigenvalue weighted by atomic mass is 16.7. The van der Waals surface area contributed by atoms with Gasteiger partial charge >= 0.3 is 5.97 Å². The Morgan fingerprint density at radius 1 is 1.00 bits per heavy atom. The second-order valence-corrected chi connectivity index (χ2v) is 12.8. The molecular formula is C27H45NO7. The Morgan fingerprint density at radius 3 is 2.43 bits per heavy atom. The lowest BCUT2D eigenvalue weighted by molar-refractivity contribution is -0.312. The minimum atomic E-state index is -1.03. The van der Waals surface area contributed by atoms with Gasteiger partial charge in [0.2, 0.25) is 0 Å². The van der Waals surface area contributed by atoms with Gasteiger partial charge in [-0.3, -0.25) is 4.79 Å². The molecule has 0 amide bonds. The molecule has 5 N–H and O–H groups in total. The minimum absolute atomic E-state index is 0.00668. The normalized spacial score (nSPS) is 56.1. The number of carboxylic acid groups (broad SMARTS) is 1. The van der Waals surface area contributed by atoms with Crippen molar-refractivity contribution in [3.63, 3.8) is 0 Å². The predicted molar refractivity (Wildman–Crippen MR) is 128 cm³/mol. The summed E-state index contributed by atoms with van der Waals surface area (Å²) in [6.45, 7) is 6.36. The van der Waals surface area contributed by atoms with Crippen LogP contribution in [0.4, 0.5) is 0 Å². The Bertz CT molecular complexity index is 825. The molecule has 0 spiro atoms. The van der Waals surface area contributed by atoms with Gasteiger partial charge in [0.1, 0.15) is 18.3 Å². The Morgan fingerprint density at radius 2 is 1.74 bits per heavy atom. The van der Waals surface area contributed by atoms with Crippen molar-refractivity contribution >= 4 is 5.97 Å². The molecule has 0 radical (unpaired) electrons. The maximum atomic E-state index is 12.0. The van der Waals surface area contributed by atoms with Gasteiger partial charge in [0.25, 0.3) is 0 Å². The first-order chi connectivity index (χ1) is 16.5. The van der Waals surface area contributed by atoms with E-state index in [1.165, 1.54) is 7.11 Å². The number of fused-ring (bicyclic) bond motifs is 5. The van der Waals surface area contributed by atoms with E-state index >= 15 is 0 Å². The fourth-order valence-electron chi connectivity index (χ4n) is 9.39. The molecule has 8 nitrogen and oxygen atoms in total. The predicted octanol–water partition coefficient (Wildman–Crippen LogP) is 2.68. The molecule has 35 heavy (non-hydrogen) atoms. The van der Waals surface area contributed by atoms with Crippen LogP contribution in [0.1, 0.15) is 78.6 Å². The summed E-state index contributed by atoms with van der Waals surface area (Å²) in [6, 6.07) is 0. The second kappa shape index (κ2) is 8.91. The van der Waals surface area contributed by atoms with Crippen LogP contribution in [0.25, 0.3) is 0 Å². The first-order valence-electron chi connectivity index (χ1n) is 13.7. The molecule has 0 unspecified atom stereocenters.